The van der Waals surface area contributed by atoms with Gasteiger partial charge >= 0.3 is 0 Å². The fraction of sp³-hybridized carbons (Fsp3) is 0.909. The van der Waals surface area contributed by atoms with Crippen molar-refractivity contribution in [3.63, 3.8) is 0 Å². The number of likely N-dealkylation sites (N-methyl/N-ethyl adjacent to an activating group) is 1. The van der Waals surface area contributed by atoms with E-state index in [2.05, 4.69) is 5.32 Å². The molecule has 17 heavy (non-hydrogen) atoms. The molecule has 0 saturated carbocycles. The van der Waals surface area contributed by atoms with Gasteiger partial charge in [-0.1, -0.05) is 0 Å². The van der Waals surface area contributed by atoms with Gasteiger partial charge in [-0.15, -0.1) is 0 Å². The Morgan fingerprint density at radius 2 is 2.12 bits per heavy atom. The highest BCUT2D eigenvalue weighted by molar-refractivity contribution is 5.78. The Hall–Kier alpha value is -0.690. The highest BCUT2D eigenvalue weighted by Gasteiger charge is 2.17. The largest absolute Gasteiger partial charge is 0.394 e. The molecule has 100 valence electrons. The van der Waals surface area contributed by atoms with Crippen LogP contribution >= 0.6 is 0 Å². The smallest absolute Gasteiger partial charge is 0.236 e. The zero-order chi connectivity index (χ0) is 12.5. The standard InChI is InChI=1S/C11H23N3O3/c1-13(6-8-17-9-7-15)10-11(16)14-4-2-12-3-5-14/h12,15H,2-10H2,1H3. The molecular weight excluding hydrogens is 222 g/mol. The van der Waals surface area contributed by atoms with E-state index in [-0.39, 0.29) is 12.5 Å². The molecule has 0 aromatic carbocycles. The Kier molecular flexibility index (Phi) is 7.11. The first-order valence-corrected chi connectivity index (χ1v) is 6.09. The van der Waals surface area contributed by atoms with Gasteiger partial charge in [0, 0.05) is 32.7 Å². The third kappa shape index (κ3) is 5.97. The Bertz CT molecular complexity index is 220. The molecule has 0 aromatic rings. The molecule has 0 unspecified atom stereocenters. The van der Waals surface area contributed by atoms with E-state index in [1.165, 1.54) is 0 Å². The third-order valence-electron chi connectivity index (χ3n) is 2.73. The molecule has 1 rings (SSSR count). The molecular formula is C11H23N3O3. The molecule has 0 radical (unpaired) electrons. The molecule has 1 fully saturated rings. The van der Waals surface area contributed by atoms with E-state index in [9.17, 15) is 4.79 Å². The van der Waals surface area contributed by atoms with Crippen molar-refractivity contribution in [1.29, 1.82) is 0 Å². The van der Waals surface area contributed by atoms with E-state index < -0.39 is 0 Å². The van der Waals surface area contributed by atoms with Crippen molar-refractivity contribution in [3.8, 4) is 0 Å². The first kappa shape index (κ1) is 14.4. The number of rotatable bonds is 7. The van der Waals surface area contributed by atoms with Crippen molar-refractivity contribution in [2.75, 3.05) is 66.1 Å². The predicted molar refractivity (Wildman–Crippen MR) is 64.9 cm³/mol. The summed E-state index contributed by atoms with van der Waals surface area (Å²) in [4.78, 5) is 15.7. The summed E-state index contributed by atoms with van der Waals surface area (Å²) in [5, 5.41) is 11.8. The van der Waals surface area contributed by atoms with E-state index in [1.807, 2.05) is 16.8 Å². The summed E-state index contributed by atoms with van der Waals surface area (Å²) < 4.78 is 5.15. The second-order valence-corrected chi connectivity index (χ2v) is 4.20. The van der Waals surface area contributed by atoms with Crippen molar-refractivity contribution in [1.82, 2.24) is 15.1 Å². The number of aliphatic hydroxyl groups excluding tert-OH is 1. The van der Waals surface area contributed by atoms with Crippen LogP contribution in [0.4, 0.5) is 0 Å². The van der Waals surface area contributed by atoms with Gasteiger partial charge in [0.15, 0.2) is 0 Å². The summed E-state index contributed by atoms with van der Waals surface area (Å²) in [7, 11) is 1.91. The van der Waals surface area contributed by atoms with Gasteiger partial charge < -0.3 is 20.1 Å². The van der Waals surface area contributed by atoms with E-state index in [0.29, 0.717) is 26.3 Å². The number of aliphatic hydroxyl groups is 1. The van der Waals surface area contributed by atoms with Crippen molar-refractivity contribution in [3.05, 3.63) is 0 Å². The quantitative estimate of drug-likeness (QED) is 0.527. The maximum absolute atomic E-state index is 11.9. The van der Waals surface area contributed by atoms with Crippen LogP contribution in [0.25, 0.3) is 0 Å². The van der Waals surface area contributed by atoms with Gasteiger partial charge in [-0.3, -0.25) is 9.69 Å². The molecule has 1 amide bonds. The van der Waals surface area contributed by atoms with Crippen LogP contribution < -0.4 is 5.32 Å². The molecule has 6 heteroatoms. The van der Waals surface area contributed by atoms with Crippen LogP contribution in [0.2, 0.25) is 0 Å². The van der Waals surface area contributed by atoms with Crippen molar-refractivity contribution in [2.45, 2.75) is 0 Å². The highest BCUT2D eigenvalue weighted by Crippen LogP contribution is 1.95. The normalized spacial score (nSPS) is 16.5. The van der Waals surface area contributed by atoms with Crippen LogP contribution in [0.5, 0.6) is 0 Å². The average Bonchev–Trinajstić information content (AvgIpc) is 2.36. The first-order valence-electron chi connectivity index (χ1n) is 6.09. The Morgan fingerprint density at radius 1 is 1.41 bits per heavy atom. The summed E-state index contributed by atoms with van der Waals surface area (Å²) >= 11 is 0. The second kappa shape index (κ2) is 8.41. The number of piperazine rings is 1. The monoisotopic (exact) mass is 245 g/mol. The zero-order valence-corrected chi connectivity index (χ0v) is 10.5. The molecule has 6 nitrogen and oxygen atoms in total. The lowest BCUT2D eigenvalue weighted by molar-refractivity contribution is -0.132. The average molecular weight is 245 g/mol. The molecule has 0 aliphatic carbocycles. The van der Waals surface area contributed by atoms with Crippen molar-refractivity contribution in [2.24, 2.45) is 0 Å². The maximum Gasteiger partial charge on any atom is 0.236 e. The Labute approximate surface area is 103 Å². The third-order valence-corrected chi connectivity index (χ3v) is 2.73. The van der Waals surface area contributed by atoms with Crippen LogP contribution in [-0.2, 0) is 9.53 Å². The minimum Gasteiger partial charge on any atom is -0.394 e. The number of amides is 1. The Morgan fingerprint density at radius 3 is 2.76 bits per heavy atom. The lowest BCUT2D eigenvalue weighted by Gasteiger charge is -2.29. The van der Waals surface area contributed by atoms with E-state index in [1.54, 1.807) is 0 Å². The summed E-state index contributed by atoms with van der Waals surface area (Å²) in [6.07, 6.45) is 0. The summed E-state index contributed by atoms with van der Waals surface area (Å²) in [5.41, 5.74) is 0. The van der Waals surface area contributed by atoms with E-state index >= 15 is 0 Å². The van der Waals surface area contributed by atoms with Crippen LogP contribution in [0.3, 0.4) is 0 Å². The number of hydrogen-bond acceptors (Lipinski definition) is 5. The molecule has 1 aliphatic heterocycles. The summed E-state index contributed by atoms with van der Waals surface area (Å²) in [5.74, 6) is 0.177. The molecule has 1 saturated heterocycles. The predicted octanol–water partition coefficient (Wildman–Crippen LogP) is -1.64. The number of nitrogens with one attached hydrogen (secondary N) is 1. The molecule has 1 aliphatic rings. The molecule has 0 atom stereocenters. The lowest BCUT2D eigenvalue weighted by atomic mass is 10.3. The molecule has 2 N–H and O–H groups in total. The summed E-state index contributed by atoms with van der Waals surface area (Å²) in [6, 6.07) is 0. The SMILES string of the molecule is CN(CCOCCO)CC(=O)N1CCNCC1. The van der Waals surface area contributed by atoms with Crippen LogP contribution in [0.1, 0.15) is 0 Å². The lowest BCUT2D eigenvalue weighted by Crippen LogP contribution is -2.49. The summed E-state index contributed by atoms with van der Waals surface area (Å²) in [6.45, 7) is 5.46. The van der Waals surface area contributed by atoms with Crippen LogP contribution in [0, 0.1) is 0 Å². The van der Waals surface area contributed by atoms with Gasteiger partial charge in [0.1, 0.15) is 0 Å². The topological polar surface area (TPSA) is 65.0 Å². The molecule has 0 spiro atoms. The number of carbonyl (C=O) groups excluding carboxylic acids is 1. The molecule has 1 heterocycles. The van der Waals surface area contributed by atoms with Gasteiger partial charge in [0.05, 0.1) is 26.4 Å². The Balaban J connectivity index is 2.11. The number of hydrogen-bond donors (Lipinski definition) is 2. The van der Waals surface area contributed by atoms with Gasteiger partial charge in [0.2, 0.25) is 5.91 Å². The van der Waals surface area contributed by atoms with Crippen LogP contribution in [-0.4, -0.2) is 87.0 Å². The molecule has 0 bridgehead atoms. The fourth-order valence-electron chi connectivity index (χ4n) is 1.71. The van der Waals surface area contributed by atoms with Crippen molar-refractivity contribution < 1.29 is 14.6 Å². The minimum atomic E-state index is 0.0451. The minimum absolute atomic E-state index is 0.0451. The molecule has 0 aromatic heterocycles. The van der Waals surface area contributed by atoms with Gasteiger partial charge in [-0.25, -0.2) is 0 Å². The fourth-order valence-corrected chi connectivity index (χ4v) is 1.71. The zero-order valence-electron chi connectivity index (χ0n) is 10.5. The van der Waals surface area contributed by atoms with E-state index in [0.717, 1.165) is 26.2 Å². The van der Waals surface area contributed by atoms with Crippen molar-refractivity contribution >= 4 is 5.91 Å². The second-order valence-electron chi connectivity index (χ2n) is 4.20. The number of carbonyl (C=O) groups is 1. The highest BCUT2D eigenvalue weighted by atomic mass is 16.5. The van der Waals surface area contributed by atoms with Gasteiger partial charge in [0.25, 0.3) is 0 Å². The maximum atomic E-state index is 11.9. The van der Waals surface area contributed by atoms with Gasteiger partial charge in [-0.05, 0) is 7.05 Å². The number of ether oxygens (including phenoxy) is 1. The number of nitrogens with zero attached hydrogens (tertiary/aromatic N) is 2. The van der Waals surface area contributed by atoms with Gasteiger partial charge in [-0.2, -0.15) is 0 Å². The van der Waals surface area contributed by atoms with E-state index in [4.69, 9.17) is 9.84 Å². The van der Waals surface area contributed by atoms with Crippen LogP contribution in [0.15, 0.2) is 0 Å². The first-order chi connectivity index (χ1) is 8.24.